The third-order valence-corrected chi connectivity index (χ3v) is 2.56. The van der Waals surface area contributed by atoms with Gasteiger partial charge in [0.1, 0.15) is 5.82 Å². The van der Waals surface area contributed by atoms with Gasteiger partial charge in [-0.05, 0) is 30.8 Å². The molecular weight excluding hydrogens is 222 g/mol. The molecule has 2 aromatic rings. The molecule has 1 aromatic heterocycles. The summed E-state index contributed by atoms with van der Waals surface area (Å²) in [5.41, 5.74) is 2.14. The lowest BCUT2D eigenvalue weighted by Gasteiger charge is -1.98. The lowest BCUT2D eigenvalue weighted by molar-refractivity contribution is 0.714. The number of nitrogens with zero attached hydrogens (tertiary/aromatic N) is 1. The van der Waals surface area contributed by atoms with E-state index in [0.29, 0.717) is 0 Å². The smallest absolute Gasteiger partial charge is 0.137 e. The molecule has 0 spiro atoms. The van der Waals surface area contributed by atoms with E-state index in [-0.39, 0.29) is 0 Å². The number of nitrogens with one attached hydrogen (secondary N) is 2. The van der Waals surface area contributed by atoms with Crippen LogP contribution < -0.4 is 5.32 Å². The highest BCUT2D eigenvalue weighted by atomic mass is 35.5. The third-order valence-electron chi connectivity index (χ3n) is 2.31. The van der Waals surface area contributed by atoms with Crippen molar-refractivity contribution in [2.45, 2.75) is 13.5 Å². The number of aromatic amines is 1. The second kappa shape index (κ2) is 5.14. The standard InChI is InChI=1S/C12H14ClN3/c1-2-14-7-11-8-15-12(16-11)9-3-5-10(13)6-4-9/h3-6,8,14H,2,7H2,1H3,(H,15,16). The van der Waals surface area contributed by atoms with Crippen LogP contribution in [0.2, 0.25) is 5.02 Å². The van der Waals surface area contributed by atoms with Crippen molar-refractivity contribution in [3.05, 3.63) is 41.2 Å². The number of benzene rings is 1. The van der Waals surface area contributed by atoms with Crippen molar-refractivity contribution in [1.29, 1.82) is 0 Å². The minimum Gasteiger partial charge on any atom is -0.341 e. The maximum atomic E-state index is 5.83. The first kappa shape index (κ1) is 11.2. The van der Waals surface area contributed by atoms with Gasteiger partial charge < -0.3 is 10.3 Å². The van der Waals surface area contributed by atoms with Crippen LogP contribution in [0.5, 0.6) is 0 Å². The molecule has 1 heterocycles. The summed E-state index contributed by atoms with van der Waals surface area (Å²) in [5.74, 6) is 0.879. The number of halogens is 1. The zero-order valence-corrected chi connectivity index (χ0v) is 9.88. The molecule has 0 radical (unpaired) electrons. The van der Waals surface area contributed by atoms with Crippen LogP contribution in [0.3, 0.4) is 0 Å². The Morgan fingerprint density at radius 3 is 2.75 bits per heavy atom. The number of H-pyrrole nitrogens is 1. The van der Waals surface area contributed by atoms with Gasteiger partial charge in [-0.15, -0.1) is 0 Å². The van der Waals surface area contributed by atoms with Crippen molar-refractivity contribution in [1.82, 2.24) is 15.3 Å². The molecule has 0 aliphatic carbocycles. The number of imidazole rings is 1. The van der Waals surface area contributed by atoms with Crippen molar-refractivity contribution in [2.24, 2.45) is 0 Å². The van der Waals surface area contributed by atoms with E-state index in [9.17, 15) is 0 Å². The van der Waals surface area contributed by atoms with Crippen molar-refractivity contribution in [3.8, 4) is 11.4 Å². The predicted molar refractivity (Wildman–Crippen MR) is 66.4 cm³/mol. The molecule has 0 aliphatic heterocycles. The molecule has 4 heteroatoms. The first-order valence-electron chi connectivity index (χ1n) is 5.30. The average molecular weight is 236 g/mol. The highest BCUT2D eigenvalue weighted by Crippen LogP contribution is 2.18. The summed E-state index contributed by atoms with van der Waals surface area (Å²) < 4.78 is 0. The summed E-state index contributed by atoms with van der Waals surface area (Å²) in [5, 5.41) is 3.99. The summed E-state index contributed by atoms with van der Waals surface area (Å²) in [6.07, 6.45) is 1.85. The molecule has 84 valence electrons. The Morgan fingerprint density at radius 1 is 1.31 bits per heavy atom. The largest absolute Gasteiger partial charge is 0.341 e. The zero-order valence-electron chi connectivity index (χ0n) is 9.13. The van der Waals surface area contributed by atoms with Crippen LogP contribution in [0.25, 0.3) is 11.4 Å². The van der Waals surface area contributed by atoms with Crippen LogP contribution in [0, 0.1) is 0 Å². The Bertz CT molecular complexity index is 448. The molecule has 0 fully saturated rings. The summed E-state index contributed by atoms with van der Waals surface area (Å²) >= 11 is 5.83. The van der Waals surface area contributed by atoms with Gasteiger partial charge in [-0.3, -0.25) is 0 Å². The highest BCUT2D eigenvalue weighted by Gasteiger charge is 2.02. The first-order valence-corrected chi connectivity index (χ1v) is 5.68. The molecule has 0 unspecified atom stereocenters. The van der Waals surface area contributed by atoms with Crippen molar-refractivity contribution in [3.63, 3.8) is 0 Å². The highest BCUT2D eigenvalue weighted by molar-refractivity contribution is 6.30. The number of hydrogen-bond donors (Lipinski definition) is 2. The minimum atomic E-state index is 0.739. The molecule has 0 saturated heterocycles. The lowest BCUT2D eigenvalue weighted by Crippen LogP contribution is -2.11. The van der Waals surface area contributed by atoms with E-state index in [0.717, 1.165) is 35.2 Å². The van der Waals surface area contributed by atoms with Gasteiger partial charge in [0.05, 0.1) is 0 Å². The maximum absolute atomic E-state index is 5.83. The quantitative estimate of drug-likeness (QED) is 0.856. The van der Waals surface area contributed by atoms with E-state index in [2.05, 4.69) is 22.2 Å². The molecule has 3 nitrogen and oxygen atoms in total. The average Bonchev–Trinajstić information content (AvgIpc) is 2.76. The topological polar surface area (TPSA) is 40.7 Å². The fourth-order valence-corrected chi connectivity index (χ4v) is 1.59. The summed E-state index contributed by atoms with van der Waals surface area (Å²) in [6.45, 7) is 3.85. The molecule has 0 aliphatic rings. The minimum absolute atomic E-state index is 0.739. The second-order valence-corrected chi connectivity index (χ2v) is 3.98. The molecule has 0 atom stereocenters. The van der Waals surface area contributed by atoms with Crippen molar-refractivity contribution in [2.75, 3.05) is 6.54 Å². The predicted octanol–water partition coefficient (Wildman–Crippen LogP) is 2.84. The van der Waals surface area contributed by atoms with Crippen LogP contribution in [0.15, 0.2) is 30.5 Å². The van der Waals surface area contributed by atoms with Gasteiger partial charge in [0.15, 0.2) is 0 Å². The van der Waals surface area contributed by atoms with E-state index in [1.165, 1.54) is 0 Å². The molecule has 1 aromatic carbocycles. The Balaban J connectivity index is 2.15. The van der Waals surface area contributed by atoms with E-state index < -0.39 is 0 Å². The number of hydrogen-bond acceptors (Lipinski definition) is 2. The Morgan fingerprint density at radius 2 is 2.06 bits per heavy atom. The van der Waals surface area contributed by atoms with Gasteiger partial charge in [-0.1, -0.05) is 18.5 Å². The van der Waals surface area contributed by atoms with Crippen molar-refractivity contribution < 1.29 is 0 Å². The Labute approximate surface area is 99.9 Å². The molecule has 0 saturated carbocycles. The summed E-state index contributed by atoms with van der Waals surface area (Å²) in [7, 11) is 0. The first-order chi connectivity index (χ1) is 7.79. The summed E-state index contributed by atoms with van der Waals surface area (Å²) in [4.78, 5) is 7.60. The fourth-order valence-electron chi connectivity index (χ4n) is 1.46. The maximum Gasteiger partial charge on any atom is 0.137 e. The molecule has 2 rings (SSSR count). The molecule has 0 bridgehead atoms. The normalized spacial score (nSPS) is 10.6. The van der Waals surface area contributed by atoms with Gasteiger partial charge in [0.2, 0.25) is 0 Å². The van der Waals surface area contributed by atoms with Crippen LogP contribution >= 0.6 is 11.6 Å². The van der Waals surface area contributed by atoms with Crippen LogP contribution in [0.4, 0.5) is 0 Å². The van der Waals surface area contributed by atoms with E-state index >= 15 is 0 Å². The summed E-state index contributed by atoms with van der Waals surface area (Å²) in [6, 6.07) is 7.64. The second-order valence-electron chi connectivity index (χ2n) is 3.54. The van der Waals surface area contributed by atoms with Gasteiger partial charge in [-0.25, -0.2) is 4.98 Å². The zero-order chi connectivity index (χ0) is 11.4. The van der Waals surface area contributed by atoms with E-state index in [1.807, 2.05) is 30.5 Å². The monoisotopic (exact) mass is 235 g/mol. The fraction of sp³-hybridized carbons (Fsp3) is 0.250. The molecule has 0 amide bonds. The Kier molecular flexibility index (Phi) is 3.59. The van der Waals surface area contributed by atoms with Crippen LogP contribution in [0.1, 0.15) is 12.6 Å². The van der Waals surface area contributed by atoms with Gasteiger partial charge in [0, 0.05) is 29.0 Å². The molecular formula is C12H14ClN3. The Hall–Kier alpha value is -1.32. The van der Waals surface area contributed by atoms with Crippen LogP contribution in [-0.4, -0.2) is 16.5 Å². The van der Waals surface area contributed by atoms with Crippen LogP contribution in [-0.2, 0) is 6.54 Å². The van der Waals surface area contributed by atoms with Gasteiger partial charge >= 0.3 is 0 Å². The third kappa shape index (κ3) is 2.62. The van der Waals surface area contributed by atoms with E-state index in [1.54, 1.807) is 0 Å². The number of rotatable bonds is 4. The van der Waals surface area contributed by atoms with E-state index in [4.69, 9.17) is 11.6 Å². The molecule has 16 heavy (non-hydrogen) atoms. The lowest BCUT2D eigenvalue weighted by atomic mass is 10.2. The van der Waals surface area contributed by atoms with Crippen molar-refractivity contribution >= 4 is 11.6 Å². The van der Waals surface area contributed by atoms with Gasteiger partial charge in [-0.2, -0.15) is 0 Å². The number of aromatic nitrogens is 2. The SMILES string of the molecule is CCNCc1cnc(-c2ccc(Cl)cc2)[nH]1. The van der Waals surface area contributed by atoms with Gasteiger partial charge in [0.25, 0.3) is 0 Å². The molecule has 2 N–H and O–H groups in total.